The number of carbonyl (C=O) groups excluding carboxylic acids is 1. The zero-order valence-electron chi connectivity index (χ0n) is 15.0. The molecule has 26 heavy (non-hydrogen) atoms. The van der Waals surface area contributed by atoms with E-state index >= 15 is 0 Å². The molecule has 0 saturated heterocycles. The van der Waals surface area contributed by atoms with Gasteiger partial charge in [0, 0.05) is 31.2 Å². The summed E-state index contributed by atoms with van der Waals surface area (Å²) in [5.74, 6) is 0.978. The number of aromatic nitrogens is 3. The Bertz CT molecular complexity index is 875. The SMILES string of the molecule is Cc1nnc(SCC(=O)Nc2ccc(N(C)C)cc2)n1-c1ccccc1. The van der Waals surface area contributed by atoms with Crippen molar-refractivity contribution in [3.63, 3.8) is 0 Å². The van der Waals surface area contributed by atoms with E-state index in [1.165, 1.54) is 11.8 Å². The summed E-state index contributed by atoms with van der Waals surface area (Å²) >= 11 is 1.37. The number of hydrogen-bond acceptors (Lipinski definition) is 5. The van der Waals surface area contributed by atoms with Gasteiger partial charge >= 0.3 is 0 Å². The molecule has 6 nitrogen and oxygen atoms in total. The molecule has 1 N–H and O–H groups in total. The highest BCUT2D eigenvalue weighted by molar-refractivity contribution is 7.99. The van der Waals surface area contributed by atoms with E-state index in [9.17, 15) is 4.79 Å². The van der Waals surface area contributed by atoms with Crippen molar-refractivity contribution in [1.29, 1.82) is 0 Å². The van der Waals surface area contributed by atoms with Crippen molar-refractivity contribution in [2.45, 2.75) is 12.1 Å². The second-order valence-corrected chi connectivity index (χ2v) is 6.92. The van der Waals surface area contributed by atoms with E-state index in [0.29, 0.717) is 5.16 Å². The van der Waals surface area contributed by atoms with Gasteiger partial charge in [-0.25, -0.2) is 0 Å². The van der Waals surface area contributed by atoms with Crippen LogP contribution in [-0.2, 0) is 4.79 Å². The molecule has 1 heterocycles. The predicted molar refractivity (Wildman–Crippen MR) is 106 cm³/mol. The van der Waals surface area contributed by atoms with Crippen LogP contribution in [0.3, 0.4) is 0 Å². The molecule has 0 radical (unpaired) electrons. The average molecular weight is 367 g/mol. The fourth-order valence-electron chi connectivity index (χ4n) is 2.48. The molecule has 1 aromatic heterocycles. The largest absolute Gasteiger partial charge is 0.378 e. The Labute approximate surface area is 157 Å². The van der Waals surface area contributed by atoms with Crippen LogP contribution in [-0.4, -0.2) is 40.5 Å². The van der Waals surface area contributed by atoms with E-state index in [2.05, 4.69) is 15.5 Å². The fraction of sp³-hybridized carbons (Fsp3) is 0.211. The van der Waals surface area contributed by atoms with Crippen molar-refractivity contribution < 1.29 is 4.79 Å². The summed E-state index contributed by atoms with van der Waals surface area (Å²) in [6.07, 6.45) is 0. The predicted octanol–water partition coefficient (Wildman–Crippen LogP) is 3.37. The van der Waals surface area contributed by atoms with Gasteiger partial charge in [-0.3, -0.25) is 9.36 Å². The number of rotatable bonds is 6. The van der Waals surface area contributed by atoms with E-state index in [4.69, 9.17) is 0 Å². The molecule has 0 bridgehead atoms. The molecule has 7 heteroatoms. The Hall–Kier alpha value is -2.80. The number of anilines is 2. The van der Waals surface area contributed by atoms with Crippen LogP contribution >= 0.6 is 11.8 Å². The van der Waals surface area contributed by atoms with Gasteiger partial charge in [0.1, 0.15) is 5.82 Å². The van der Waals surface area contributed by atoms with E-state index in [1.807, 2.05) is 85.1 Å². The Morgan fingerprint density at radius 2 is 1.77 bits per heavy atom. The maximum Gasteiger partial charge on any atom is 0.234 e. The van der Waals surface area contributed by atoms with Gasteiger partial charge in [0.05, 0.1) is 5.75 Å². The number of carbonyl (C=O) groups is 1. The minimum atomic E-state index is -0.0760. The lowest BCUT2D eigenvalue weighted by Crippen LogP contribution is -2.15. The lowest BCUT2D eigenvalue weighted by molar-refractivity contribution is -0.113. The first-order valence-corrected chi connectivity index (χ1v) is 9.20. The smallest absolute Gasteiger partial charge is 0.234 e. The second-order valence-electron chi connectivity index (χ2n) is 5.98. The number of nitrogens with one attached hydrogen (secondary N) is 1. The second kappa shape index (κ2) is 8.05. The lowest BCUT2D eigenvalue weighted by Gasteiger charge is -2.13. The number of thioether (sulfide) groups is 1. The van der Waals surface area contributed by atoms with Crippen LogP contribution in [0, 0.1) is 6.92 Å². The van der Waals surface area contributed by atoms with Gasteiger partial charge < -0.3 is 10.2 Å². The zero-order chi connectivity index (χ0) is 18.5. The summed E-state index contributed by atoms with van der Waals surface area (Å²) < 4.78 is 1.95. The number of nitrogens with zero attached hydrogens (tertiary/aromatic N) is 4. The fourth-order valence-corrected chi connectivity index (χ4v) is 3.28. The van der Waals surface area contributed by atoms with E-state index in [-0.39, 0.29) is 11.7 Å². The van der Waals surface area contributed by atoms with Crippen LogP contribution in [0.15, 0.2) is 59.8 Å². The van der Waals surface area contributed by atoms with Crippen LogP contribution in [0.2, 0.25) is 0 Å². The zero-order valence-corrected chi connectivity index (χ0v) is 15.8. The summed E-state index contributed by atoms with van der Waals surface area (Å²) in [7, 11) is 3.96. The molecule has 2 aromatic carbocycles. The van der Waals surface area contributed by atoms with Gasteiger partial charge in [-0.05, 0) is 43.3 Å². The molecule has 0 fully saturated rings. The van der Waals surface area contributed by atoms with Crippen LogP contribution in [0.5, 0.6) is 0 Å². The Balaban J connectivity index is 1.63. The number of para-hydroxylation sites is 1. The van der Waals surface area contributed by atoms with Gasteiger partial charge in [0.2, 0.25) is 5.91 Å². The van der Waals surface area contributed by atoms with Crippen molar-refractivity contribution in [2.24, 2.45) is 0 Å². The molecule has 0 aliphatic heterocycles. The van der Waals surface area contributed by atoms with Crippen LogP contribution in [0.25, 0.3) is 5.69 Å². The van der Waals surface area contributed by atoms with E-state index in [1.54, 1.807) is 0 Å². The number of aryl methyl sites for hydroxylation is 1. The third kappa shape index (κ3) is 4.23. The van der Waals surface area contributed by atoms with Crippen molar-refractivity contribution in [1.82, 2.24) is 14.8 Å². The van der Waals surface area contributed by atoms with Crippen molar-refractivity contribution in [2.75, 3.05) is 30.1 Å². The third-order valence-corrected chi connectivity index (χ3v) is 4.74. The molecule has 0 saturated carbocycles. The van der Waals surface area contributed by atoms with Gasteiger partial charge in [0.25, 0.3) is 0 Å². The average Bonchev–Trinajstić information content (AvgIpc) is 3.02. The molecule has 0 unspecified atom stereocenters. The summed E-state index contributed by atoms with van der Waals surface area (Å²) in [6.45, 7) is 1.90. The summed E-state index contributed by atoms with van der Waals surface area (Å²) in [5, 5.41) is 11.9. The molecule has 0 aliphatic rings. The Morgan fingerprint density at radius 1 is 1.08 bits per heavy atom. The first-order valence-electron chi connectivity index (χ1n) is 8.22. The van der Waals surface area contributed by atoms with E-state index in [0.717, 1.165) is 22.9 Å². The van der Waals surface area contributed by atoms with E-state index < -0.39 is 0 Å². The molecular formula is C19H21N5OS. The molecule has 0 spiro atoms. The summed E-state index contributed by atoms with van der Waals surface area (Å²) in [5.41, 5.74) is 2.85. The van der Waals surface area contributed by atoms with Gasteiger partial charge in [-0.15, -0.1) is 10.2 Å². The quantitative estimate of drug-likeness (QED) is 0.677. The highest BCUT2D eigenvalue weighted by Gasteiger charge is 2.13. The molecule has 3 rings (SSSR count). The number of amides is 1. The Morgan fingerprint density at radius 3 is 2.42 bits per heavy atom. The summed E-state index contributed by atoms with van der Waals surface area (Å²) in [4.78, 5) is 14.3. The third-order valence-electron chi connectivity index (χ3n) is 3.81. The normalized spacial score (nSPS) is 10.6. The van der Waals surface area contributed by atoms with Crippen molar-refractivity contribution in [3.8, 4) is 5.69 Å². The minimum absolute atomic E-state index is 0.0760. The molecule has 3 aromatic rings. The van der Waals surface area contributed by atoms with Crippen LogP contribution in [0.4, 0.5) is 11.4 Å². The Kier molecular flexibility index (Phi) is 5.58. The lowest BCUT2D eigenvalue weighted by atomic mass is 10.2. The molecule has 0 atom stereocenters. The highest BCUT2D eigenvalue weighted by Crippen LogP contribution is 2.22. The van der Waals surface area contributed by atoms with Crippen molar-refractivity contribution >= 4 is 29.0 Å². The monoisotopic (exact) mass is 367 g/mol. The van der Waals surface area contributed by atoms with Gasteiger partial charge in [-0.1, -0.05) is 30.0 Å². The molecule has 1 amide bonds. The molecular weight excluding hydrogens is 346 g/mol. The first kappa shape index (κ1) is 18.0. The minimum Gasteiger partial charge on any atom is -0.378 e. The number of hydrogen-bond donors (Lipinski definition) is 1. The maximum atomic E-state index is 12.3. The van der Waals surface area contributed by atoms with Crippen LogP contribution in [0.1, 0.15) is 5.82 Å². The van der Waals surface area contributed by atoms with Crippen LogP contribution < -0.4 is 10.2 Å². The topological polar surface area (TPSA) is 63.1 Å². The standard InChI is InChI=1S/C19H21N5OS/c1-14-21-22-19(24(14)17-7-5-4-6-8-17)26-13-18(25)20-15-9-11-16(12-10-15)23(2)3/h4-12H,13H2,1-3H3,(H,20,25). The summed E-state index contributed by atoms with van der Waals surface area (Å²) in [6, 6.07) is 17.6. The van der Waals surface area contributed by atoms with Crippen molar-refractivity contribution in [3.05, 3.63) is 60.4 Å². The maximum absolute atomic E-state index is 12.3. The van der Waals surface area contributed by atoms with Gasteiger partial charge in [-0.2, -0.15) is 0 Å². The first-order chi connectivity index (χ1) is 12.5. The number of benzene rings is 2. The van der Waals surface area contributed by atoms with Gasteiger partial charge in [0.15, 0.2) is 5.16 Å². The highest BCUT2D eigenvalue weighted by atomic mass is 32.2. The molecule has 134 valence electrons. The molecule has 0 aliphatic carbocycles.